The van der Waals surface area contributed by atoms with E-state index in [1.165, 1.54) is 5.75 Å². The number of hydrogen-bond donors (Lipinski definition) is 1. The molecule has 1 rings (SSSR count). The quantitative estimate of drug-likeness (QED) is 0.773. The van der Waals surface area contributed by atoms with Crippen molar-refractivity contribution in [3.05, 3.63) is 24.2 Å². The van der Waals surface area contributed by atoms with Crippen molar-refractivity contribution >= 4 is 11.8 Å². The standard InChI is InChI=1S/C12H21NOS/c1-4-11(12-6-5-7-14-12)13-8-10(2)9-15-3/h5-7,10-11,13H,4,8-9H2,1-3H3. The average molecular weight is 227 g/mol. The Bertz CT molecular complexity index is 248. The largest absolute Gasteiger partial charge is 0.468 e. The Kier molecular flexibility index (Phi) is 5.88. The van der Waals surface area contributed by atoms with Gasteiger partial charge in [-0.3, -0.25) is 0 Å². The van der Waals surface area contributed by atoms with Gasteiger partial charge in [-0.25, -0.2) is 0 Å². The van der Waals surface area contributed by atoms with Gasteiger partial charge in [0, 0.05) is 0 Å². The van der Waals surface area contributed by atoms with Crippen LogP contribution in [0.3, 0.4) is 0 Å². The van der Waals surface area contributed by atoms with Crippen molar-refractivity contribution in [2.45, 2.75) is 26.3 Å². The fourth-order valence-corrected chi connectivity index (χ4v) is 2.31. The Morgan fingerprint density at radius 2 is 2.33 bits per heavy atom. The molecule has 0 spiro atoms. The summed E-state index contributed by atoms with van der Waals surface area (Å²) in [5, 5.41) is 3.55. The minimum absolute atomic E-state index is 0.365. The molecule has 15 heavy (non-hydrogen) atoms. The van der Waals surface area contributed by atoms with Gasteiger partial charge in [0.05, 0.1) is 12.3 Å². The highest BCUT2D eigenvalue weighted by molar-refractivity contribution is 7.98. The van der Waals surface area contributed by atoms with Gasteiger partial charge in [-0.05, 0) is 43.0 Å². The van der Waals surface area contributed by atoms with Gasteiger partial charge in [0.25, 0.3) is 0 Å². The molecule has 1 N–H and O–H groups in total. The molecule has 2 unspecified atom stereocenters. The maximum Gasteiger partial charge on any atom is 0.120 e. The molecule has 1 heterocycles. The predicted molar refractivity (Wildman–Crippen MR) is 67.3 cm³/mol. The lowest BCUT2D eigenvalue weighted by molar-refractivity contribution is 0.388. The third-order valence-electron chi connectivity index (χ3n) is 2.46. The lowest BCUT2D eigenvalue weighted by atomic mass is 10.1. The van der Waals surface area contributed by atoms with Crippen molar-refractivity contribution in [2.24, 2.45) is 5.92 Å². The van der Waals surface area contributed by atoms with Crippen LogP contribution in [0.2, 0.25) is 0 Å². The summed E-state index contributed by atoms with van der Waals surface area (Å²) in [5.74, 6) is 2.97. The molecule has 0 saturated heterocycles. The van der Waals surface area contributed by atoms with Gasteiger partial charge in [0.15, 0.2) is 0 Å². The van der Waals surface area contributed by atoms with Gasteiger partial charge < -0.3 is 9.73 Å². The van der Waals surface area contributed by atoms with Crippen molar-refractivity contribution in [2.75, 3.05) is 18.6 Å². The maximum absolute atomic E-state index is 5.41. The van der Waals surface area contributed by atoms with E-state index in [9.17, 15) is 0 Å². The second-order valence-electron chi connectivity index (χ2n) is 3.95. The second kappa shape index (κ2) is 6.96. The fraction of sp³-hybridized carbons (Fsp3) is 0.667. The fourth-order valence-electron chi connectivity index (χ4n) is 1.62. The number of nitrogens with one attached hydrogen (secondary N) is 1. The zero-order valence-corrected chi connectivity index (χ0v) is 10.6. The van der Waals surface area contributed by atoms with Crippen LogP contribution in [0.1, 0.15) is 32.1 Å². The minimum Gasteiger partial charge on any atom is -0.468 e. The smallest absolute Gasteiger partial charge is 0.120 e. The molecular formula is C12H21NOS. The highest BCUT2D eigenvalue weighted by Gasteiger charge is 2.12. The highest BCUT2D eigenvalue weighted by Crippen LogP contribution is 2.17. The summed E-state index contributed by atoms with van der Waals surface area (Å²) in [6.07, 6.45) is 4.96. The monoisotopic (exact) mass is 227 g/mol. The molecule has 2 atom stereocenters. The normalized spacial score (nSPS) is 15.1. The molecule has 0 aliphatic heterocycles. The van der Waals surface area contributed by atoms with Gasteiger partial charge in [0.2, 0.25) is 0 Å². The van der Waals surface area contributed by atoms with Crippen molar-refractivity contribution in [1.82, 2.24) is 5.32 Å². The Labute approximate surface area is 96.8 Å². The molecule has 0 amide bonds. The third-order valence-corrected chi connectivity index (χ3v) is 3.36. The minimum atomic E-state index is 0.365. The summed E-state index contributed by atoms with van der Waals surface area (Å²) in [7, 11) is 0. The van der Waals surface area contributed by atoms with Crippen molar-refractivity contribution < 1.29 is 4.42 Å². The summed E-state index contributed by atoms with van der Waals surface area (Å²) in [6.45, 7) is 5.51. The Balaban J connectivity index is 2.35. The molecule has 0 aromatic carbocycles. The lowest BCUT2D eigenvalue weighted by Crippen LogP contribution is -2.26. The lowest BCUT2D eigenvalue weighted by Gasteiger charge is -2.17. The predicted octanol–water partition coefficient (Wildman–Crippen LogP) is 3.32. The molecule has 0 aliphatic rings. The zero-order chi connectivity index (χ0) is 11.1. The van der Waals surface area contributed by atoms with Crippen LogP contribution < -0.4 is 5.32 Å². The van der Waals surface area contributed by atoms with Crippen LogP contribution in [0.15, 0.2) is 22.8 Å². The molecule has 1 aromatic rings. The van der Waals surface area contributed by atoms with Crippen LogP contribution in [0.4, 0.5) is 0 Å². The van der Waals surface area contributed by atoms with Gasteiger partial charge in [-0.2, -0.15) is 11.8 Å². The van der Waals surface area contributed by atoms with Crippen LogP contribution in [-0.2, 0) is 0 Å². The first-order chi connectivity index (χ1) is 7.27. The Morgan fingerprint density at radius 1 is 1.53 bits per heavy atom. The summed E-state index contributed by atoms with van der Waals surface area (Å²) in [5.41, 5.74) is 0. The molecule has 0 radical (unpaired) electrons. The molecular weight excluding hydrogens is 206 g/mol. The Morgan fingerprint density at radius 3 is 2.87 bits per heavy atom. The average Bonchev–Trinajstić information content (AvgIpc) is 2.72. The summed E-state index contributed by atoms with van der Waals surface area (Å²) in [4.78, 5) is 0. The van der Waals surface area contributed by atoms with Gasteiger partial charge >= 0.3 is 0 Å². The molecule has 86 valence electrons. The van der Waals surface area contributed by atoms with Gasteiger partial charge in [-0.15, -0.1) is 0 Å². The van der Waals surface area contributed by atoms with E-state index < -0.39 is 0 Å². The number of hydrogen-bond acceptors (Lipinski definition) is 3. The van der Waals surface area contributed by atoms with E-state index in [1.54, 1.807) is 6.26 Å². The molecule has 1 aromatic heterocycles. The summed E-state index contributed by atoms with van der Waals surface area (Å²) < 4.78 is 5.41. The molecule has 0 saturated carbocycles. The van der Waals surface area contributed by atoms with E-state index >= 15 is 0 Å². The molecule has 0 fully saturated rings. The first-order valence-electron chi connectivity index (χ1n) is 5.53. The first kappa shape index (κ1) is 12.7. The van der Waals surface area contributed by atoms with E-state index in [-0.39, 0.29) is 0 Å². The van der Waals surface area contributed by atoms with Crippen LogP contribution in [0.5, 0.6) is 0 Å². The van der Waals surface area contributed by atoms with Crippen molar-refractivity contribution in [3.8, 4) is 0 Å². The number of thioether (sulfide) groups is 1. The number of furan rings is 1. The maximum atomic E-state index is 5.41. The summed E-state index contributed by atoms with van der Waals surface area (Å²) in [6, 6.07) is 4.36. The van der Waals surface area contributed by atoms with Gasteiger partial charge in [-0.1, -0.05) is 13.8 Å². The van der Waals surface area contributed by atoms with E-state index in [0.29, 0.717) is 12.0 Å². The van der Waals surface area contributed by atoms with E-state index in [4.69, 9.17) is 4.42 Å². The van der Waals surface area contributed by atoms with E-state index in [2.05, 4.69) is 25.4 Å². The topological polar surface area (TPSA) is 25.2 Å². The van der Waals surface area contributed by atoms with Crippen molar-refractivity contribution in [3.63, 3.8) is 0 Å². The van der Waals surface area contributed by atoms with Crippen LogP contribution in [-0.4, -0.2) is 18.6 Å². The van der Waals surface area contributed by atoms with Crippen LogP contribution in [0, 0.1) is 5.92 Å². The van der Waals surface area contributed by atoms with E-state index in [1.807, 2.05) is 23.9 Å². The first-order valence-corrected chi connectivity index (χ1v) is 6.93. The Hall–Kier alpha value is -0.410. The number of rotatable bonds is 7. The third kappa shape index (κ3) is 4.31. The van der Waals surface area contributed by atoms with Crippen LogP contribution in [0.25, 0.3) is 0 Å². The second-order valence-corrected chi connectivity index (χ2v) is 4.86. The molecule has 3 heteroatoms. The van der Waals surface area contributed by atoms with Crippen LogP contribution >= 0.6 is 11.8 Å². The van der Waals surface area contributed by atoms with E-state index in [0.717, 1.165) is 18.7 Å². The molecule has 0 aliphatic carbocycles. The summed E-state index contributed by atoms with van der Waals surface area (Å²) >= 11 is 1.90. The molecule has 2 nitrogen and oxygen atoms in total. The molecule has 0 bridgehead atoms. The van der Waals surface area contributed by atoms with Crippen molar-refractivity contribution in [1.29, 1.82) is 0 Å². The SMILES string of the molecule is CCC(NCC(C)CSC)c1ccco1. The highest BCUT2D eigenvalue weighted by atomic mass is 32.2. The van der Waals surface area contributed by atoms with Gasteiger partial charge in [0.1, 0.15) is 5.76 Å². The zero-order valence-electron chi connectivity index (χ0n) is 9.82.